The standard InChI is InChI=1S/C31H32O6/c1-6-17(4)18(5)23(24-26(32)19-13-9-11-15-21(19)28(34)30(24)36-7-2)25-27(33)20-14-10-12-16-22(20)29(35)31(25)37-8-3/h9-18,23H,6-8H2,1-5H3. The molecule has 6 nitrogen and oxygen atoms in total. The van der Waals surface area contributed by atoms with Crippen LogP contribution in [0.4, 0.5) is 0 Å². The fourth-order valence-electron chi connectivity index (χ4n) is 5.25. The summed E-state index contributed by atoms with van der Waals surface area (Å²) in [7, 11) is 0. The van der Waals surface area contributed by atoms with Gasteiger partial charge in [0.25, 0.3) is 0 Å². The highest BCUT2D eigenvalue weighted by Gasteiger charge is 2.47. The Morgan fingerprint density at radius 2 is 0.946 bits per heavy atom. The number of allylic oxidation sites excluding steroid dienone is 4. The van der Waals surface area contributed by atoms with Crippen molar-refractivity contribution >= 4 is 23.1 Å². The lowest BCUT2D eigenvalue weighted by molar-refractivity contribution is 0.0833. The zero-order chi connectivity index (χ0) is 26.9. The quantitative estimate of drug-likeness (QED) is 0.418. The number of ether oxygens (including phenoxy) is 2. The van der Waals surface area contributed by atoms with E-state index in [-0.39, 0.29) is 81.5 Å². The molecule has 2 aliphatic carbocycles. The second-order valence-electron chi connectivity index (χ2n) is 9.48. The first-order valence-electron chi connectivity index (χ1n) is 12.9. The van der Waals surface area contributed by atoms with Crippen LogP contribution in [0.2, 0.25) is 0 Å². The van der Waals surface area contributed by atoms with E-state index >= 15 is 0 Å². The average Bonchev–Trinajstić information content (AvgIpc) is 2.92. The zero-order valence-electron chi connectivity index (χ0n) is 21.9. The molecular formula is C31H32O6. The minimum absolute atomic E-state index is 0.0518. The molecule has 0 amide bonds. The monoisotopic (exact) mass is 500 g/mol. The Morgan fingerprint density at radius 1 is 0.595 bits per heavy atom. The lowest BCUT2D eigenvalue weighted by atomic mass is 9.67. The molecule has 0 heterocycles. The second kappa shape index (κ2) is 10.7. The molecule has 4 rings (SSSR count). The molecule has 0 saturated heterocycles. The van der Waals surface area contributed by atoms with Gasteiger partial charge in [-0.05, 0) is 25.7 Å². The largest absolute Gasteiger partial charge is 0.489 e. The third kappa shape index (κ3) is 4.35. The van der Waals surface area contributed by atoms with E-state index in [0.717, 1.165) is 6.42 Å². The van der Waals surface area contributed by atoms with Crippen molar-refractivity contribution in [1.29, 1.82) is 0 Å². The van der Waals surface area contributed by atoms with Crippen molar-refractivity contribution in [3.05, 3.63) is 93.4 Å². The van der Waals surface area contributed by atoms with Crippen LogP contribution >= 0.6 is 0 Å². The number of carbonyl (C=O) groups excluding carboxylic acids is 4. The number of benzene rings is 2. The van der Waals surface area contributed by atoms with Gasteiger partial charge in [-0.25, -0.2) is 0 Å². The molecule has 0 aliphatic heterocycles. The molecule has 2 aromatic rings. The van der Waals surface area contributed by atoms with Crippen LogP contribution in [0.15, 0.2) is 71.2 Å². The molecule has 2 aliphatic rings. The minimum Gasteiger partial charge on any atom is -0.489 e. The zero-order valence-corrected chi connectivity index (χ0v) is 21.9. The van der Waals surface area contributed by atoms with Crippen molar-refractivity contribution in [2.75, 3.05) is 13.2 Å². The van der Waals surface area contributed by atoms with E-state index in [0.29, 0.717) is 0 Å². The van der Waals surface area contributed by atoms with Crippen molar-refractivity contribution in [3.8, 4) is 0 Å². The van der Waals surface area contributed by atoms with Gasteiger partial charge in [-0.1, -0.05) is 75.7 Å². The molecule has 2 unspecified atom stereocenters. The van der Waals surface area contributed by atoms with E-state index in [2.05, 4.69) is 0 Å². The topological polar surface area (TPSA) is 86.7 Å². The van der Waals surface area contributed by atoms with Crippen LogP contribution in [-0.4, -0.2) is 36.3 Å². The Bertz CT molecular complexity index is 1250. The molecule has 0 aromatic heterocycles. The summed E-state index contributed by atoms with van der Waals surface area (Å²) in [5.74, 6) is -2.79. The Labute approximate surface area is 217 Å². The van der Waals surface area contributed by atoms with Crippen molar-refractivity contribution in [3.63, 3.8) is 0 Å². The highest BCUT2D eigenvalue weighted by atomic mass is 16.5. The third-order valence-corrected chi connectivity index (χ3v) is 7.49. The summed E-state index contributed by atoms with van der Waals surface area (Å²) < 4.78 is 11.7. The van der Waals surface area contributed by atoms with Crippen LogP contribution in [-0.2, 0) is 9.47 Å². The summed E-state index contributed by atoms with van der Waals surface area (Å²) in [6.07, 6.45) is 0.767. The summed E-state index contributed by atoms with van der Waals surface area (Å²) in [4.78, 5) is 55.4. The van der Waals surface area contributed by atoms with E-state index < -0.39 is 17.5 Å². The number of carbonyl (C=O) groups is 4. The smallest absolute Gasteiger partial charge is 0.228 e. The maximum absolute atomic E-state index is 14.1. The van der Waals surface area contributed by atoms with Gasteiger partial charge in [-0.15, -0.1) is 0 Å². The predicted octanol–water partition coefficient (Wildman–Crippen LogP) is 6.02. The van der Waals surface area contributed by atoms with E-state index in [9.17, 15) is 19.2 Å². The van der Waals surface area contributed by atoms with Crippen molar-refractivity contribution in [2.24, 2.45) is 17.8 Å². The van der Waals surface area contributed by atoms with E-state index in [1.54, 1.807) is 62.4 Å². The first kappa shape index (κ1) is 26.3. The van der Waals surface area contributed by atoms with Crippen LogP contribution < -0.4 is 0 Å². The summed E-state index contributed by atoms with van der Waals surface area (Å²) in [6.45, 7) is 9.82. The molecule has 2 aromatic carbocycles. The number of rotatable bonds is 9. The number of hydrogen-bond acceptors (Lipinski definition) is 6. The molecule has 0 radical (unpaired) electrons. The minimum atomic E-state index is -0.882. The van der Waals surface area contributed by atoms with E-state index in [4.69, 9.17) is 9.47 Å². The van der Waals surface area contributed by atoms with Crippen LogP contribution in [0.1, 0.15) is 82.5 Å². The average molecular weight is 501 g/mol. The summed E-state index contributed by atoms with van der Waals surface area (Å²) in [5, 5.41) is 0. The summed E-state index contributed by atoms with van der Waals surface area (Å²) in [5.41, 5.74) is 1.30. The lowest BCUT2D eigenvalue weighted by Gasteiger charge is -2.36. The third-order valence-electron chi connectivity index (χ3n) is 7.49. The van der Waals surface area contributed by atoms with Gasteiger partial charge in [0.1, 0.15) is 0 Å². The molecule has 0 bridgehead atoms. The van der Waals surface area contributed by atoms with Gasteiger partial charge in [0.15, 0.2) is 23.1 Å². The van der Waals surface area contributed by atoms with Crippen LogP contribution in [0.25, 0.3) is 0 Å². The molecule has 192 valence electrons. The normalized spacial score (nSPS) is 17.1. The van der Waals surface area contributed by atoms with Gasteiger partial charge in [0.2, 0.25) is 11.6 Å². The molecule has 0 fully saturated rings. The van der Waals surface area contributed by atoms with Crippen LogP contribution in [0.5, 0.6) is 0 Å². The van der Waals surface area contributed by atoms with Gasteiger partial charge in [-0.2, -0.15) is 0 Å². The Morgan fingerprint density at radius 3 is 1.27 bits per heavy atom. The number of Topliss-reactive ketones (excluding diaryl/α,β-unsaturated/α-hetero) is 4. The van der Waals surface area contributed by atoms with Crippen LogP contribution in [0.3, 0.4) is 0 Å². The Kier molecular flexibility index (Phi) is 7.58. The van der Waals surface area contributed by atoms with E-state index in [1.807, 2.05) is 20.8 Å². The molecule has 0 N–H and O–H groups in total. The SMILES string of the molecule is CCOC1=C(C(C2=C(OCC)C(=O)c3ccccc3C2=O)C(C)C(C)CC)C(=O)c2ccccc2C1=O. The summed E-state index contributed by atoms with van der Waals surface area (Å²) >= 11 is 0. The predicted molar refractivity (Wildman–Crippen MR) is 140 cm³/mol. The van der Waals surface area contributed by atoms with Gasteiger partial charge in [0.05, 0.1) is 24.4 Å². The van der Waals surface area contributed by atoms with Crippen molar-refractivity contribution in [2.45, 2.75) is 41.0 Å². The molecule has 0 saturated carbocycles. The fourth-order valence-corrected chi connectivity index (χ4v) is 5.25. The van der Waals surface area contributed by atoms with Gasteiger partial charge < -0.3 is 9.47 Å². The summed E-state index contributed by atoms with van der Waals surface area (Å²) in [6, 6.07) is 13.3. The molecular weight excluding hydrogens is 468 g/mol. The number of fused-ring (bicyclic) bond motifs is 2. The van der Waals surface area contributed by atoms with Crippen molar-refractivity contribution < 1.29 is 28.7 Å². The Balaban J connectivity index is 2.07. The van der Waals surface area contributed by atoms with Gasteiger partial charge in [-0.3, -0.25) is 19.2 Å². The highest BCUT2D eigenvalue weighted by Crippen LogP contribution is 2.45. The second-order valence-corrected chi connectivity index (χ2v) is 9.48. The van der Waals surface area contributed by atoms with Gasteiger partial charge >= 0.3 is 0 Å². The molecule has 37 heavy (non-hydrogen) atoms. The first-order valence-corrected chi connectivity index (χ1v) is 12.9. The van der Waals surface area contributed by atoms with E-state index in [1.165, 1.54) is 0 Å². The highest BCUT2D eigenvalue weighted by molar-refractivity contribution is 6.29. The lowest BCUT2D eigenvalue weighted by Crippen LogP contribution is -2.37. The number of hydrogen-bond donors (Lipinski definition) is 0. The molecule has 2 atom stereocenters. The first-order chi connectivity index (χ1) is 17.8. The van der Waals surface area contributed by atoms with Gasteiger partial charge in [0, 0.05) is 28.2 Å². The van der Waals surface area contributed by atoms with Crippen molar-refractivity contribution in [1.82, 2.24) is 0 Å². The fraction of sp³-hybridized carbons (Fsp3) is 0.355. The maximum atomic E-state index is 14.1. The number of ketones is 4. The maximum Gasteiger partial charge on any atom is 0.228 e. The van der Waals surface area contributed by atoms with Crippen LogP contribution in [0, 0.1) is 17.8 Å². The molecule has 6 heteroatoms. The molecule has 0 spiro atoms. The Hall–Kier alpha value is -3.80.